The van der Waals surface area contributed by atoms with Crippen molar-refractivity contribution < 1.29 is 14.6 Å². The Kier molecular flexibility index (Phi) is 4.36. The van der Waals surface area contributed by atoms with Gasteiger partial charge in [0.05, 0.1) is 20.3 Å². The van der Waals surface area contributed by atoms with Gasteiger partial charge in [-0.3, -0.25) is 0 Å². The average Bonchev–Trinajstić information content (AvgIpc) is 2.55. The molecule has 3 unspecified atom stereocenters. The zero-order valence-electron chi connectivity index (χ0n) is 12.8. The van der Waals surface area contributed by atoms with Gasteiger partial charge in [-0.05, 0) is 42.4 Å². The van der Waals surface area contributed by atoms with Gasteiger partial charge >= 0.3 is 0 Å². The summed E-state index contributed by atoms with van der Waals surface area (Å²) >= 11 is 0. The summed E-state index contributed by atoms with van der Waals surface area (Å²) < 4.78 is 10.8. The molecule has 1 aliphatic heterocycles. The Morgan fingerprint density at radius 3 is 2.24 bits per heavy atom. The Morgan fingerprint density at radius 2 is 1.62 bits per heavy atom. The lowest BCUT2D eigenvalue weighted by Gasteiger charge is -2.45. The Bertz CT molecular complexity index is 469. The maximum Gasteiger partial charge on any atom is 0.122 e. The number of β-amino-alcohol motifs (C(OH)–C–C–N with tert-alkyl or cyclic N) is 1. The van der Waals surface area contributed by atoms with Gasteiger partial charge in [0.1, 0.15) is 11.5 Å². The lowest BCUT2D eigenvalue weighted by Crippen LogP contribution is -2.49. The van der Waals surface area contributed by atoms with Crippen molar-refractivity contribution in [1.82, 2.24) is 5.32 Å². The second kappa shape index (κ2) is 6.24. The van der Waals surface area contributed by atoms with Crippen molar-refractivity contribution in [3.05, 3.63) is 23.8 Å². The van der Waals surface area contributed by atoms with E-state index in [1.807, 2.05) is 6.07 Å². The first-order valence-corrected chi connectivity index (χ1v) is 7.87. The Balaban J connectivity index is 1.91. The molecule has 3 rings (SSSR count). The van der Waals surface area contributed by atoms with Gasteiger partial charge in [0.2, 0.25) is 0 Å². The van der Waals surface area contributed by atoms with Gasteiger partial charge in [0.25, 0.3) is 0 Å². The molecule has 4 nitrogen and oxygen atoms in total. The predicted molar refractivity (Wildman–Crippen MR) is 81.7 cm³/mol. The van der Waals surface area contributed by atoms with Crippen molar-refractivity contribution in [2.24, 2.45) is 11.8 Å². The summed E-state index contributed by atoms with van der Waals surface area (Å²) in [4.78, 5) is 0. The molecule has 1 aromatic carbocycles. The van der Waals surface area contributed by atoms with Crippen LogP contribution < -0.4 is 14.8 Å². The van der Waals surface area contributed by atoms with E-state index in [-0.39, 0.29) is 12.1 Å². The maximum absolute atomic E-state index is 10.3. The van der Waals surface area contributed by atoms with Crippen molar-refractivity contribution in [2.75, 3.05) is 20.8 Å². The predicted octanol–water partition coefficient (Wildman–Crippen LogP) is 2.52. The molecule has 21 heavy (non-hydrogen) atoms. The second-order valence-corrected chi connectivity index (χ2v) is 6.21. The summed E-state index contributed by atoms with van der Waals surface area (Å²) in [6.45, 7) is 0.672. The number of hydrogen-bond donors (Lipinski definition) is 2. The minimum absolute atomic E-state index is 0.209. The van der Waals surface area contributed by atoms with Crippen LogP contribution in [0.2, 0.25) is 0 Å². The van der Waals surface area contributed by atoms with E-state index in [2.05, 4.69) is 17.4 Å². The van der Waals surface area contributed by atoms with Crippen LogP contribution in [0, 0.1) is 11.8 Å². The molecule has 1 aliphatic carbocycles. The lowest BCUT2D eigenvalue weighted by atomic mass is 9.69. The molecule has 0 bridgehead atoms. The van der Waals surface area contributed by atoms with E-state index < -0.39 is 0 Å². The number of benzene rings is 1. The normalized spacial score (nSPS) is 32.3. The second-order valence-electron chi connectivity index (χ2n) is 6.21. The van der Waals surface area contributed by atoms with Gasteiger partial charge < -0.3 is 19.9 Å². The minimum Gasteiger partial charge on any atom is -0.497 e. The molecule has 4 heteroatoms. The first-order valence-electron chi connectivity index (χ1n) is 7.87. The van der Waals surface area contributed by atoms with E-state index in [1.165, 1.54) is 24.8 Å². The molecule has 1 saturated heterocycles. The van der Waals surface area contributed by atoms with Crippen molar-refractivity contribution in [2.45, 2.75) is 37.8 Å². The number of hydrogen-bond acceptors (Lipinski definition) is 4. The molecule has 1 aromatic rings. The average molecular weight is 291 g/mol. The quantitative estimate of drug-likeness (QED) is 0.898. The topological polar surface area (TPSA) is 50.7 Å². The minimum atomic E-state index is -0.209. The highest BCUT2D eigenvalue weighted by atomic mass is 16.5. The fourth-order valence-corrected chi connectivity index (χ4v) is 4.00. The van der Waals surface area contributed by atoms with E-state index in [1.54, 1.807) is 14.2 Å². The molecule has 0 radical (unpaired) electrons. The maximum atomic E-state index is 10.3. The van der Waals surface area contributed by atoms with Crippen LogP contribution in [0.3, 0.4) is 0 Å². The fourth-order valence-electron chi connectivity index (χ4n) is 4.00. The number of nitrogens with one attached hydrogen (secondary N) is 1. The summed E-state index contributed by atoms with van der Waals surface area (Å²) in [6.07, 6.45) is 4.61. The number of aliphatic hydroxyl groups excluding tert-OH is 1. The first-order chi connectivity index (χ1) is 10.2. The molecule has 2 fully saturated rings. The molecule has 4 atom stereocenters. The number of rotatable bonds is 3. The molecule has 2 N–H and O–H groups in total. The number of ether oxygens (including phenoxy) is 2. The zero-order chi connectivity index (χ0) is 14.8. The molecule has 1 saturated carbocycles. The van der Waals surface area contributed by atoms with E-state index in [4.69, 9.17) is 9.47 Å². The molecule has 0 amide bonds. The van der Waals surface area contributed by atoms with Gasteiger partial charge in [-0.25, -0.2) is 0 Å². The van der Waals surface area contributed by atoms with Crippen LogP contribution in [-0.2, 0) is 0 Å². The summed E-state index contributed by atoms with van der Waals surface area (Å²) in [5, 5.41) is 13.8. The summed E-state index contributed by atoms with van der Waals surface area (Å²) in [5.41, 5.74) is 1.20. The third-order valence-corrected chi connectivity index (χ3v) is 5.08. The Labute approximate surface area is 126 Å². The highest BCUT2D eigenvalue weighted by molar-refractivity contribution is 5.40. The monoisotopic (exact) mass is 291 g/mol. The van der Waals surface area contributed by atoms with Crippen LogP contribution in [0.1, 0.15) is 37.3 Å². The Hall–Kier alpha value is -1.26. The largest absolute Gasteiger partial charge is 0.497 e. The zero-order valence-corrected chi connectivity index (χ0v) is 12.8. The number of fused-ring (bicyclic) bond motifs is 1. The van der Waals surface area contributed by atoms with Crippen LogP contribution in [0.4, 0.5) is 0 Å². The summed E-state index contributed by atoms with van der Waals surface area (Å²) in [7, 11) is 3.36. The third kappa shape index (κ3) is 2.87. The van der Waals surface area contributed by atoms with E-state index in [0.29, 0.717) is 18.4 Å². The molecule has 1 heterocycles. The first kappa shape index (κ1) is 14.7. The van der Waals surface area contributed by atoms with Gasteiger partial charge in [-0.15, -0.1) is 0 Å². The van der Waals surface area contributed by atoms with Gasteiger partial charge in [-0.2, -0.15) is 0 Å². The van der Waals surface area contributed by atoms with Crippen molar-refractivity contribution in [1.29, 1.82) is 0 Å². The highest BCUT2D eigenvalue weighted by Gasteiger charge is 2.40. The molecule has 116 valence electrons. The third-order valence-electron chi connectivity index (χ3n) is 5.08. The van der Waals surface area contributed by atoms with Crippen molar-refractivity contribution in [3.8, 4) is 11.5 Å². The smallest absolute Gasteiger partial charge is 0.122 e. The van der Waals surface area contributed by atoms with Crippen LogP contribution in [0.5, 0.6) is 11.5 Å². The van der Waals surface area contributed by atoms with Gasteiger partial charge in [0.15, 0.2) is 0 Å². The standard InChI is InChI=1S/C17H25NO3/c1-20-12-7-11(8-13(9-12)21-2)17-15-6-4-3-5-14(15)16(19)10-18-17/h7-9,14-19H,3-6,10H2,1-2H3/t14?,15?,16-,17?/m1/s1. The van der Waals surface area contributed by atoms with Crippen LogP contribution >= 0.6 is 0 Å². The van der Waals surface area contributed by atoms with Crippen LogP contribution in [0.25, 0.3) is 0 Å². The lowest BCUT2D eigenvalue weighted by molar-refractivity contribution is -0.00109. The van der Waals surface area contributed by atoms with Crippen LogP contribution in [0.15, 0.2) is 18.2 Å². The molecular weight excluding hydrogens is 266 g/mol. The fraction of sp³-hybridized carbons (Fsp3) is 0.647. The van der Waals surface area contributed by atoms with Gasteiger partial charge in [0, 0.05) is 18.7 Å². The molecular formula is C17H25NO3. The van der Waals surface area contributed by atoms with Gasteiger partial charge in [-0.1, -0.05) is 12.8 Å². The highest BCUT2D eigenvalue weighted by Crippen LogP contribution is 2.44. The number of aliphatic hydroxyl groups is 1. The SMILES string of the molecule is COc1cc(OC)cc(C2NC[C@@H](O)C3CCCCC23)c1. The Morgan fingerprint density at radius 1 is 1.00 bits per heavy atom. The molecule has 0 spiro atoms. The molecule has 0 aromatic heterocycles. The van der Waals surface area contributed by atoms with Crippen molar-refractivity contribution in [3.63, 3.8) is 0 Å². The summed E-state index contributed by atoms with van der Waals surface area (Å²) in [5.74, 6) is 2.57. The van der Waals surface area contributed by atoms with E-state index in [0.717, 1.165) is 17.9 Å². The summed E-state index contributed by atoms with van der Waals surface area (Å²) in [6, 6.07) is 6.36. The number of methoxy groups -OCH3 is 2. The van der Waals surface area contributed by atoms with Crippen molar-refractivity contribution >= 4 is 0 Å². The van der Waals surface area contributed by atoms with Crippen LogP contribution in [-0.4, -0.2) is 32.0 Å². The molecule has 2 aliphatic rings. The van der Waals surface area contributed by atoms with E-state index in [9.17, 15) is 5.11 Å². The number of piperidine rings is 1. The van der Waals surface area contributed by atoms with E-state index >= 15 is 0 Å².